The van der Waals surface area contributed by atoms with Gasteiger partial charge in [0.25, 0.3) is 0 Å². The number of aryl methyl sites for hydroxylation is 1. The maximum atomic E-state index is 5.84. The van der Waals surface area contributed by atoms with Crippen LogP contribution in [0.5, 0.6) is 11.6 Å². The molecule has 1 unspecified atom stereocenters. The first kappa shape index (κ1) is 13.6. The van der Waals surface area contributed by atoms with E-state index >= 15 is 0 Å². The van der Waals surface area contributed by atoms with Gasteiger partial charge in [0.05, 0.1) is 0 Å². The van der Waals surface area contributed by atoms with E-state index in [1.54, 1.807) is 6.20 Å². The highest BCUT2D eigenvalue weighted by atomic mass is 16.5. The summed E-state index contributed by atoms with van der Waals surface area (Å²) in [6, 6.07) is 12.1. The predicted molar refractivity (Wildman–Crippen MR) is 77.5 cm³/mol. The van der Waals surface area contributed by atoms with E-state index in [1.807, 2.05) is 31.2 Å². The Morgan fingerprint density at radius 1 is 1.21 bits per heavy atom. The lowest BCUT2D eigenvalue weighted by molar-refractivity contribution is 0.454. The van der Waals surface area contributed by atoms with Gasteiger partial charge in [-0.2, -0.15) is 0 Å². The Labute approximate surface area is 114 Å². The Hall–Kier alpha value is -1.87. The number of nitrogens with two attached hydrogens (primary N) is 1. The largest absolute Gasteiger partial charge is 0.439 e. The van der Waals surface area contributed by atoms with E-state index in [4.69, 9.17) is 10.5 Å². The quantitative estimate of drug-likeness (QED) is 0.892. The van der Waals surface area contributed by atoms with Gasteiger partial charge in [-0.15, -0.1) is 0 Å². The predicted octanol–water partition coefficient (Wildman–Crippen LogP) is 3.33. The molecule has 0 aliphatic rings. The first-order valence-corrected chi connectivity index (χ1v) is 6.65. The van der Waals surface area contributed by atoms with Crippen LogP contribution in [0.2, 0.25) is 0 Å². The van der Waals surface area contributed by atoms with Crippen molar-refractivity contribution in [3.63, 3.8) is 0 Å². The van der Waals surface area contributed by atoms with Crippen molar-refractivity contribution in [1.29, 1.82) is 0 Å². The molecule has 0 radical (unpaired) electrons. The van der Waals surface area contributed by atoms with Crippen LogP contribution in [0.15, 0.2) is 42.6 Å². The Balaban J connectivity index is 2.17. The van der Waals surface area contributed by atoms with Gasteiger partial charge in [0.15, 0.2) is 0 Å². The minimum Gasteiger partial charge on any atom is -0.439 e. The van der Waals surface area contributed by atoms with Gasteiger partial charge < -0.3 is 10.5 Å². The fourth-order valence-electron chi connectivity index (χ4n) is 1.92. The molecule has 2 rings (SSSR count). The molecular formula is C16H20N2O. The average molecular weight is 256 g/mol. The first-order chi connectivity index (χ1) is 9.19. The van der Waals surface area contributed by atoms with Gasteiger partial charge in [-0.3, -0.25) is 0 Å². The zero-order valence-corrected chi connectivity index (χ0v) is 11.5. The molecule has 1 aromatic carbocycles. The molecule has 0 spiro atoms. The Bertz CT molecular complexity index is 521. The van der Waals surface area contributed by atoms with Crippen LogP contribution >= 0.6 is 0 Å². The maximum absolute atomic E-state index is 5.84. The van der Waals surface area contributed by atoms with Crippen LogP contribution in [0, 0.1) is 0 Å². The zero-order chi connectivity index (χ0) is 13.7. The van der Waals surface area contributed by atoms with Crippen molar-refractivity contribution in [2.75, 3.05) is 0 Å². The van der Waals surface area contributed by atoms with E-state index in [0.717, 1.165) is 24.2 Å². The van der Waals surface area contributed by atoms with Gasteiger partial charge in [0, 0.05) is 17.8 Å². The second-order valence-corrected chi connectivity index (χ2v) is 4.75. The highest BCUT2D eigenvalue weighted by Gasteiger charge is 2.08. The van der Waals surface area contributed by atoms with E-state index < -0.39 is 0 Å². The van der Waals surface area contributed by atoms with Crippen LogP contribution in [0.4, 0.5) is 0 Å². The molecule has 0 saturated heterocycles. The number of pyridine rings is 1. The summed E-state index contributed by atoms with van der Waals surface area (Å²) in [6.07, 6.45) is 3.52. The molecule has 3 heteroatoms. The van der Waals surface area contributed by atoms with E-state index in [-0.39, 0.29) is 6.04 Å². The third-order valence-electron chi connectivity index (χ3n) is 2.94. The molecule has 1 aromatic heterocycles. The van der Waals surface area contributed by atoms with Crippen molar-refractivity contribution in [1.82, 2.24) is 4.98 Å². The molecule has 100 valence electrons. The molecule has 0 amide bonds. The minimum absolute atomic E-state index is 0.0917. The fraction of sp³-hybridized carbons (Fsp3) is 0.312. The van der Waals surface area contributed by atoms with Crippen molar-refractivity contribution in [3.05, 3.63) is 53.7 Å². The summed E-state index contributed by atoms with van der Waals surface area (Å²) in [5.74, 6) is 1.45. The van der Waals surface area contributed by atoms with Gasteiger partial charge in [0.2, 0.25) is 5.88 Å². The lowest BCUT2D eigenvalue weighted by atomic mass is 10.1. The first-order valence-electron chi connectivity index (χ1n) is 6.65. The Morgan fingerprint density at radius 3 is 2.58 bits per heavy atom. The number of rotatable bonds is 5. The third-order valence-corrected chi connectivity index (χ3v) is 2.94. The molecule has 0 fully saturated rings. The van der Waals surface area contributed by atoms with Crippen molar-refractivity contribution in [2.45, 2.75) is 32.7 Å². The van der Waals surface area contributed by atoms with Crippen LogP contribution < -0.4 is 10.5 Å². The summed E-state index contributed by atoms with van der Waals surface area (Å²) in [4.78, 5) is 4.29. The van der Waals surface area contributed by atoms with E-state index in [0.29, 0.717) is 5.88 Å². The van der Waals surface area contributed by atoms with E-state index in [2.05, 4.69) is 24.0 Å². The van der Waals surface area contributed by atoms with Crippen LogP contribution in [0.3, 0.4) is 0 Å². The van der Waals surface area contributed by atoms with Gasteiger partial charge in [-0.25, -0.2) is 4.98 Å². The maximum Gasteiger partial charge on any atom is 0.222 e. The fourth-order valence-corrected chi connectivity index (χ4v) is 1.92. The summed E-state index contributed by atoms with van der Waals surface area (Å²) in [7, 11) is 0. The summed E-state index contributed by atoms with van der Waals surface area (Å²) in [6.45, 7) is 4.11. The number of hydrogen-bond acceptors (Lipinski definition) is 3. The van der Waals surface area contributed by atoms with Gasteiger partial charge >= 0.3 is 0 Å². The van der Waals surface area contributed by atoms with Gasteiger partial charge in [-0.1, -0.05) is 25.1 Å². The molecule has 2 aromatic rings. The third kappa shape index (κ3) is 3.80. The summed E-state index contributed by atoms with van der Waals surface area (Å²) < 4.78 is 5.84. The molecule has 2 N–H and O–H groups in total. The average Bonchev–Trinajstić information content (AvgIpc) is 2.41. The van der Waals surface area contributed by atoms with Crippen molar-refractivity contribution in [3.8, 4) is 11.6 Å². The SMILES string of the molecule is CCc1ccc(Oc2ncccc2CC(C)N)cc1. The molecule has 0 aliphatic heterocycles. The summed E-state index contributed by atoms with van der Waals surface area (Å²) in [5, 5.41) is 0. The molecular weight excluding hydrogens is 236 g/mol. The van der Waals surface area contributed by atoms with Crippen LogP contribution in [-0.4, -0.2) is 11.0 Å². The number of aromatic nitrogens is 1. The lowest BCUT2D eigenvalue weighted by Gasteiger charge is -2.11. The second kappa shape index (κ2) is 6.34. The Kier molecular flexibility index (Phi) is 4.53. The molecule has 1 heterocycles. The van der Waals surface area contributed by atoms with Crippen molar-refractivity contribution < 1.29 is 4.74 Å². The highest BCUT2D eigenvalue weighted by molar-refractivity contribution is 5.34. The molecule has 1 atom stereocenters. The molecule has 0 saturated carbocycles. The minimum atomic E-state index is 0.0917. The van der Waals surface area contributed by atoms with Gasteiger partial charge in [0.1, 0.15) is 5.75 Å². The van der Waals surface area contributed by atoms with Crippen LogP contribution in [0.25, 0.3) is 0 Å². The monoisotopic (exact) mass is 256 g/mol. The van der Waals surface area contributed by atoms with Crippen molar-refractivity contribution >= 4 is 0 Å². The van der Waals surface area contributed by atoms with Crippen molar-refractivity contribution in [2.24, 2.45) is 5.73 Å². The zero-order valence-electron chi connectivity index (χ0n) is 11.5. The van der Waals surface area contributed by atoms with Gasteiger partial charge in [-0.05, 0) is 43.5 Å². The second-order valence-electron chi connectivity index (χ2n) is 4.75. The molecule has 19 heavy (non-hydrogen) atoms. The highest BCUT2D eigenvalue weighted by Crippen LogP contribution is 2.24. The number of benzene rings is 1. The number of hydrogen-bond donors (Lipinski definition) is 1. The molecule has 0 bridgehead atoms. The molecule has 0 aliphatic carbocycles. The standard InChI is InChI=1S/C16H20N2O/c1-3-13-6-8-15(9-7-13)19-16-14(11-12(2)17)5-4-10-18-16/h4-10,12H,3,11,17H2,1-2H3. The lowest BCUT2D eigenvalue weighted by Crippen LogP contribution is -2.18. The number of ether oxygens (including phenoxy) is 1. The van der Waals surface area contributed by atoms with Crippen LogP contribution in [-0.2, 0) is 12.8 Å². The normalized spacial score (nSPS) is 12.2. The topological polar surface area (TPSA) is 48.1 Å². The van der Waals surface area contributed by atoms with Crippen LogP contribution in [0.1, 0.15) is 25.0 Å². The summed E-state index contributed by atoms with van der Waals surface area (Å²) >= 11 is 0. The molecule has 3 nitrogen and oxygen atoms in total. The van der Waals surface area contributed by atoms with E-state index in [9.17, 15) is 0 Å². The van der Waals surface area contributed by atoms with E-state index in [1.165, 1.54) is 5.56 Å². The summed E-state index contributed by atoms with van der Waals surface area (Å²) in [5.41, 5.74) is 8.18. The number of nitrogens with zero attached hydrogens (tertiary/aromatic N) is 1. The smallest absolute Gasteiger partial charge is 0.222 e. The Morgan fingerprint density at radius 2 is 1.95 bits per heavy atom.